The minimum absolute atomic E-state index is 0.273. The Bertz CT molecular complexity index is 2100. The number of aromatic nitrogens is 1. The van der Waals surface area contributed by atoms with E-state index in [0.29, 0.717) is 24.2 Å². The third-order valence-corrected chi connectivity index (χ3v) is 11.6. The molecule has 0 radical (unpaired) electrons. The van der Waals surface area contributed by atoms with Gasteiger partial charge in [-0.05, 0) is 59.7 Å². The first-order chi connectivity index (χ1) is 23.0. The number of alkyl halides is 9. The summed E-state index contributed by atoms with van der Waals surface area (Å²) in [6, 6.07) is 14.1. The number of aryl methyl sites for hydroxylation is 1. The molecule has 1 aliphatic rings. The van der Waals surface area contributed by atoms with Crippen molar-refractivity contribution in [2.75, 3.05) is 3.71 Å². The van der Waals surface area contributed by atoms with Crippen molar-refractivity contribution >= 4 is 65.5 Å². The van der Waals surface area contributed by atoms with Crippen molar-refractivity contribution in [3.05, 3.63) is 99.7 Å². The molecule has 0 unspecified atom stereocenters. The fourth-order valence-electron chi connectivity index (χ4n) is 4.18. The molecule has 0 bridgehead atoms. The second kappa shape index (κ2) is 14.3. The molecule has 0 amide bonds. The molecule has 51 heavy (non-hydrogen) atoms. The summed E-state index contributed by atoms with van der Waals surface area (Å²) in [7, 11) is -19.6. The SMILES string of the molecule is Cc1ccc(/C=C/c2ccc3c(c2)C(OS(=O)(=O)C(F)(F)F)=CCC3(C)C)cc1.O=S(=O)(N(c1ccc(Cl)cn1)S(=O)(=O)C(F)(F)F)C(F)(F)F. The van der Waals surface area contributed by atoms with Crippen LogP contribution < -0.4 is 3.71 Å². The summed E-state index contributed by atoms with van der Waals surface area (Å²) in [5.41, 5.74) is -14.6. The number of pyridine rings is 1. The van der Waals surface area contributed by atoms with E-state index in [-0.39, 0.29) is 22.3 Å². The van der Waals surface area contributed by atoms with Gasteiger partial charge in [0.25, 0.3) is 0 Å². The van der Waals surface area contributed by atoms with E-state index in [4.69, 9.17) is 11.6 Å². The number of rotatable bonds is 7. The van der Waals surface area contributed by atoms with Crippen LogP contribution in [-0.2, 0) is 39.8 Å². The number of fused-ring (bicyclic) bond motifs is 1. The number of hydrogen-bond donors (Lipinski definition) is 0. The smallest absolute Gasteiger partial charge is 0.376 e. The summed E-state index contributed by atoms with van der Waals surface area (Å²) < 4.78 is 183. The Morgan fingerprint density at radius 3 is 1.75 bits per heavy atom. The first kappa shape index (κ1) is 41.6. The zero-order chi connectivity index (χ0) is 39.0. The number of hydrogen-bond acceptors (Lipinski definition) is 8. The molecule has 280 valence electrons. The van der Waals surface area contributed by atoms with Gasteiger partial charge in [-0.2, -0.15) is 64.8 Å². The molecule has 3 aromatic rings. The molecule has 4 rings (SSSR count). The molecule has 9 nitrogen and oxygen atoms in total. The van der Waals surface area contributed by atoms with Crippen molar-refractivity contribution in [1.29, 1.82) is 0 Å². The molecule has 0 saturated heterocycles. The Labute approximate surface area is 291 Å². The normalized spacial score (nSPS) is 15.4. The van der Waals surface area contributed by atoms with Crippen LogP contribution in [0.15, 0.2) is 66.9 Å². The maximum absolute atomic E-state index is 12.8. The average molecular weight is 815 g/mol. The van der Waals surface area contributed by atoms with Crippen LogP contribution in [-0.4, -0.2) is 46.8 Å². The van der Waals surface area contributed by atoms with Crippen molar-refractivity contribution in [2.24, 2.45) is 0 Å². The lowest BCUT2D eigenvalue weighted by atomic mass is 9.75. The maximum atomic E-state index is 12.8. The van der Waals surface area contributed by atoms with Gasteiger partial charge in [0.05, 0.1) is 5.02 Å². The standard InChI is InChI=1S/C22H21F3O3S.C7H3ClF6N2O4S2/c1-15-4-6-16(7-5-15)8-9-17-10-11-19-18(14-17)20(12-13-21(19,2)3)28-29(26,27)22(23,24)25;8-4-1-2-5(15-3-4)16(21(17,18)6(9,10)11)22(19,20)7(12,13)14/h4-12,14H,13H2,1-3H3;1-3H/b9-8+;. The lowest BCUT2D eigenvalue weighted by Crippen LogP contribution is -2.49. The molecule has 0 spiro atoms. The molecule has 1 aliphatic carbocycles. The minimum atomic E-state index is -6.93. The highest BCUT2D eigenvalue weighted by molar-refractivity contribution is 8.11. The highest BCUT2D eigenvalue weighted by atomic mass is 35.5. The van der Waals surface area contributed by atoms with Gasteiger partial charge < -0.3 is 4.18 Å². The average Bonchev–Trinajstić information content (AvgIpc) is 2.98. The molecule has 0 N–H and O–H groups in total. The molecule has 1 heterocycles. The topological polar surface area (TPSA) is 128 Å². The van der Waals surface area contributed by atoms with Gasteiger partial charge in [-0.25, -0.2) is 4.98 Å². The third kappa shape index (κ3) is 9.35. The summed E-state index contributed by atoms with van der Waals surface area (Å²) in [4.78, 5) is 2.87. The van der Waals surface area contributed by atoms with Crippen LogP contribution in [0.4, 0.5) is 45.3 Å². The van der Waals surface area contributed by atoms with Gasteiger partial charge in [0, 0.05) is 11.8 Å². The quantitative estimate of drug-likeness (QED) is 0.101. The van der Waals surface area contributed by atoms with Gasteiger partial charge in [-0.3, -0.25) is 0 Å². The summed E-state index contributed by atoms with van der Waals surface area (Å²) in [5.74, 6) is -1.93. The summed E-state index contributed by atoms with van der Waals surface area (Å²) in [5, 5.41) is -0.280. The van der Waals surface area contributed by atoms with E-state index >= 15 is 0 Å². The van der Waals surface area contributed by atoms with Crippen molar-refractivity contribution in [2.45, 2.75) is 49.1 Å². The fraction of sp³-hybridized carbons (Fsp3) is 0.276. The largest absolute Gasteiger partial charge is 0.534 e. The van der Waals surface area contributed by atoms with Gasteiger partial charge in [0.2, 0.25) is 0 Å². The summed E-state index contributed by atoms with van der Waals surface area (Å²) in [6.45, 7) is 5.87. The molecule has 0 aliphatic heterocycles. The van der Waals surface area contributed by atoms with Crippen LogP contribution in [0.1, 0.15) is 48.1 Å². The van der Waals surface area contributed by atoms with E-state index in [1.807, 2.05) is 63.3 Å². The van der Waals surface area contributed by atoms with E-state index in [1.165, 1.54) is 6.08 Å². The van der Waals surface area contributed by atoms with E-state index in [9.17, 15) is 64.8 Å². The first-order valence-electron chi connectivity index (χ1n) is 13.7. The molecule has 0 atom stereocenters. The van der Waals surface area contributed by atoms with Gasteiger partial charge in [0.1, 0.15) is 5.76 Å². The molecule has 0 fully saturated rings. The van der Waals surface area contributed by atoms with Gasteiger partial charge in [0.15, 0.2) is 5.82 Å². The van der Waals surface area contributed by atoms with Crippen molar-refractivity contribution in [1.82, 2.24) is 4.98 Å². The predicted octanol–water partition coefficient (Wildman–Crippen LogP) is 8.29. The van der Waals surface area contributed by atoms with Crippen LogP contribution in [0.2, 0.25) is 5.02 Å². The molecule has 1 aromatic heterocycles. The van der Waals surface area contributed by atoms with Crippen LogP contribution in [0, 0.1) is 6.92 Å². The lowest BCUT2D eigenvalue weighted by Gasteiger charge is -2.31. The Kier molecular flexibility index (Phi) is 11.7. The van der Waals surface area contributed by atoms with Crippen LogP contribution in [0.5, 0.6) is 0 Å². The van der Waals surface area contributed by atoms with Crippen molar-refractivity contribution in [3.63, 3.8) is 0 Å². The second-order valence-electron chi connectivity index (χ2n) is 11.1. The molecular weight excluding hydrogens is 791 g/mol. The van der Waals surface area contributed by atoms with Crippen LogP contribution >= 0.6 is 11.6 Å². The minimum Gasteiger partial charge on any atom is -0.376 e. The van der Waals surface area contributed by atoms with Crippen molar-refractivity contribution in [3.8, 4) is 0 Å². The zero-order valence-corrected chi connectivity index (χ0v) is 29.2. The molecule has 0 saturated carbocycles. The highest BCUT2D eigenvalue weighted by Crippen LogP contribution is 2.42. The highest BCUT2D eigenvalue weighted by Gasteiger charge is 2.62. The number of nitrogens with zero attached hydrogens (tertiary/aromatic N) is 2. The number of halogens is 10. The second-order valence-corrected chi connectivity index (χ2v) is 16.9. The van der Waals surface area contributed by atoms with E-state index in [0.717, 1.165) is 22.3 Å². The Morgan fingerprint density at radius 2 is 1.27 bits per heavy atom. The van der Waals surface area contributed by atoms with E-state index < -0.39 is 56.2 Å². The van der Waals surface area contributed by atoms with E-state index in [2.05, 4.69) is 9.17 Å². The third-order valence-electron chi connectivity index (χ3n) is 6.78. The summed E-state index contributed by atoms with van der Waals surface area (Å²) in [6.07, 6.45) is 5.94. The molecular formula is C29H24ClF9N2O7S3. The van der Waals surface area contributed by atoms with Crippen LogP contribution in [0.25, 0.3) is 17.9 Å². The number of anilines is 1. The molecule has 2 aromatic carbocycles. The van der Waals surface area contributed by atoms with Gasteiger partial charge in [-0.1, -0.05) is 79.6 Å². The zero-order valence-electron chi connectivity index (χ0n) is 26.0. The Hall–Kier alpha value is -3.82. The monoisotopic (exact) mass is 814 g/mol. The number of sulfonamides is 2. The van der Waals surface area contributed by atoms with Gasteiger partial charge >= 0.3 is 46.7 Å². The maximum Gasteiger partial charge on any atom is 0.534 e. The number of benzene rings is 2. The van der Waals surface area contributed by atoms with Crippen LogP contribution in [0.3, 0.4) is 0 Å². The van der Waals surface area contributed by atoms with E-state index in [1.54, 1.807) is 12.1 Å². The molecule has 22 heteroatoms. The summed E-state index contributed by atoms with van der Waals surface area (Å²) >= 11 is 5.30. The number of allylic oxidation sites excluding steroid dienone is 1. The lowest BCUT2D eigenvalue weighted by molar-refractivity contribution is -0.0510. The first-order valence-corrected chi connectivity index (χ1v) is 18.3. The van der Waals surface area contributed by atoms with Gasteiger partial charge in [-0.15, -0.1) is 3.71 Å². The Morgan fingerprint density at radius 1 is 0.765 bits per heavy atom. The predicted molar refractivity (Wildman–Crippen MR) is 170 cm³/mol. The Balaban J connectivity index is 0.000000287. The van der Waals surface area contributed by atoms with Crippen molar-refractivity contribution < 1.29 is 69.0 Å². The fourth-order valence-corrected chi connectivity index (χ4v) is 7.41.